The Morgan fingerprint density at radius 3 is 2.45 bits per heavy atom. The zero-order valence-corrected chi connectivity index (χ0v) is 17.1. The fourth-order valence-corrected chi connectivity index (χ4v) is 3.63. The molecule has 128 valence electrons. The van der Waals surface area contributed by atoms with Crippen LogP contribution >= 0.6 is 0 Å². The summed E-state index contributed by atoms with van der Waals surface area (Å²) in [6.07, 6.45) is 9.71. The standard InChI is InChI=1S/C15H32N2O3S.Na.H/c1-2-13(12-14-5-7-15(16)8-6-14)4-3-9-17-10-11-21(18,19)20;;/h13-15,17H,2-12,16H2,1H3,(H,18,19,20);;/q;+1;-1. The van der Waals surface area contributed by atoms with Gasteiger partial charge in [0.2, 0.25) is 0 Å². The van der Waals surface area contributed by atoms with Gasteiger partial charge in [0.05, 0.1) is 5.75 Å². The van der Waals surface area contributed by atoms with Gasteiger partial charge in [-0.3, -0.25) is 4.55 Å². The number of hydrogen-bond donors (Lipinski definition) is 3. The average Bonchev–Trinajstić information content (AvgIpc) is 2.42. The Kier molecular flexibility index (Phi) is 12.7. The molecule has 0 heterocycles. The summed E-state index contributed by atoms with van der Waals surface area (Å²) in [6, 6.07) is 0.424. The van der Waals surface area contributed by atoms with Gasteiger partial charge in [-0.1, -0.05) is 13.3 Å². The summed E-state index contributed by atoms with van der Waals surface area (Å²) >= 11 is 0. The van der Waals surface area contributed by atoms with E-state index in [1.807, 2.05) is 0 Å². The van der Waals surface area contributed by atoms with Crippen LogP contribution in [0.15, 0.2) is 0 Å². The first-order valence-electron chi connectivity index (χ1n) is 8.32. The molecular weight excluding hydrogens is 311 g/mol. The van der Waals surface area contributed by atoms with E-state index in [-0.39, 0.29) is 36.7 Å². The molecule has 5 nitrogen and oxygen atoms in total. The van der Waals surface area contributed by atoms with E-state index in [1.165, 1.54) is 44.9 Å². The molecule has 22 heavy (non-hydrogen) atoms. The second-order valence-electron chi connectivity index (χ2n) is 6.47. The van der Waals surface area contributed by atoms with Crippen LogP contribution in [-0.4, -0.2) is 37.9 Å². The summed E-state index contributed by atoms with van der Waals surface area (Å²) < 4.78 is 29.8. The maximum absolute atomic E-state index is 10.6. The summed E-state index contributed by atoms with van der Waals surface area (Å²) in [7, 11) is -3.83. The fourth-order valence-electron chi connectivity index (χ4n) is 3.23. The molecule has 1 atom stereocenters. The molecule has 1 rings (SSSR count). The fraction of sp³-hybridized carbons (Fsp3) is 1.00. The molecule has 0 spiro atoms. The molecule has 0 aromatic carbocycles. The van der Waals surface area contributed by atoms with Crippen LogP contribution in [0.25, 0.3) is 0 Å². The van der Waals surface area contributed by atoms with Gasteiger partial charge in [-0.05, 0) is 63.3 Å². The van der Waals surface area contributed by atoms with E-state index in [4.69, 9.17) is 10.3 Å². The van der Waals surface area contributed by atoms with Crippen molar-refractivity contribution in [2.24, 2.45) is 17.6 Å². The monoisotopic (exact) mass is 344 g/mol. The molecule has 0 amide bonds. The smallest absolute Gasteiger partial charge is 1.00 e. The van der Waals surface area contributed by atoms with Crippen LogP contribution in [0, 0.1) is 11.8 Å². The summed E-state index contributed by atoms with van der Waals surface area (Å²) in [5, 5.41) is 3.08. The quantitative estimate of drug-likeness (QED) is 0.277. The first-order chi connectivity index (χ1) is 9.90. The minimum absolute atomic E-state index is 0. The molecule has 1 fully saturated rings. The molecule has 1 aliphatic carbocycles. The van der Waals surface area contributed by atoms with Gasteiger partial charge in [-0.15, -0.1) is 0 Å². The van der Waals surface area contributed by atoms with Crippen molar-refractivity contribution < 1.29 is 44.0 Å². The Labute approximate surface area is 159 Å². The van der Waals surface area contributed by atoms with E-state index in [0.29, 0.717) is 12.6 Å². The van der Waals surface area contributed by atoms with Gasteiger partial charge in [0.1, 0.15) is 0 Å². The SMILES string of the molecule is CCC(CCCNCCS(=O)(=O)O)CC1CCC(N)CC1.[H-].[Na+]. The van der Waals surface area contributed by atoms with Gasteiger partial charge in [-0.2, -0.15) is 8.42 Å². The summed E-state index contributed by atoms with van der Waals surface area (Å²) in [6.45, 7) is 3.41. The number of rotatable bonds is 10. The first kappa shape index (κ1) is 22.8. The molecule has 1 saturated carbocycles. The molecular formula is C15H33N2NaO3S. The zero-order valence-electron chi connectivity index (χ0n) is 15.3. The van der Waals surface area contributed by atoms with E-state index in [2.05, 4.69) is 12.2 Å². The van der Waals surface area contributed by atoms with Crippen LogP contribution in [0.2, 0.25) is 0 Å². The van der Waals surface area contributed by atoms with Crippen LogP contribution in [-0.2, 0) is 10.1 Å². The predicted molar refractivity (Wildman–Crippen MR) is 88.0 cm³/mol. The van der Waals surface area contributed by atoms with Crippen molar-refractivity contribution >= 4 is 10.1 Å². The third-order valence-corrected chi connectivity index (χ3v) is 5.36. The first-order valence-corrected chi connectivity index (χ1v) is 9.93. The second-order valence-corrected chi connectivity index (χ2v) is 8.04. The van der Waals surface area contributed by atoms with Gasteiger partial charge in [0, 0.05) is 12.6 Å². The van der Waals surface area contributed by atoms with Crippen molar-refractivity contribution in [3.05, 3.63) is 0 Å². The largest absolute Gasteiger partial charge is 1.00 e. The van der Waals surface area contributed by atoms with Crippen molar-refractivity contribution in [1.82, 2.24) is 5.32 Å². The van der Waals surface area contributed by atoms with Crippen LogP contribution in [0.1, 0.15) is 59.7 Å². The average molecular weight is 344 g/mol. The molecule has 0 saturated heterocycles. The Bertz CT molecular complexity index is 377. The number of nitrogens with one attached hydrogen (secondary N) is 1. The van der Waals surface area contributed by atoms with Gasteiger partial charge in [-0.25, -0.2) is 0 Å². The molecule has 0 bridgehead atoms. The Morgan fingerprint density at radius 1 is 1.27 bits per heavy atom. The molecule has 1 unspecified atom stereocenters. The van der Waals surface area contributed by atoms with Crippen molar-refractivity contribution in [3.8, 4) is 0 Å². The normalized spacial score (nSPS) is 23.8. The van der Waals surface area contributed by atoms with E-state index >= 15 is 0 Å². The predicted octanol–water partition coefficient (Wildman–Crippen LogP) is -0.706. The minimum Gasteiger partial charge on any atom is -1.00 e. The molecule has 0 aromatic heterocycles. The van der Waals surface area contributed by atoms with Crippen molar-refractivity contribution in [1.29, 1.82) is 0 Å². The molecule has 7 heteroatoms. The van der Waals surface area contributed by atoms with Crippen LogP contribution in [0.5, 0.6) is 0 Å². The van der Waals surface area contributed by atoms with Crippen LogP contribution in [0.3, 0.4) is 0 Å². The maximum Gasteiger partial charge on any atom is 1.00 e. The van der Waals surface area contributed by atoms with Crippen LogP contribution < -0.4 is 40.6 Å². The zero-order chi connectivity index (χ0) is 15.7. The molecule has 0 aliphatic heterocycles. The van der Waals surface area contributed by atoms with E-state index in [1.54, 1.807) is 0 Å². The van der Waals surface area contributed by atoms with Gasteiger partial charge in [0.25, 0.3) is 10.1 Å². The van der Waals surface area contributed by atoms with Gasteiger partial charge in [0.15, 0.2) is 0 Å². The summed E-state index contributed by atoms with van der Waals surface area (Å²) in [5.41, 5.74) is 5.95. The van der Waals surface area contributed by atoms with E-state index < -0.39 is 10.1 Å². The number of hydrogen-bond acceptors (Lipinski definition) is 4. The Morgan fingerprint density at radius 2 is 1.91 bits per heavy atom. The third-order valence-electron chi connectivity index (χ3n) is 4.64. The topological polar surface area (TPSA) is 92.4 Å². The number of nitrogens with two attached hydrogens (primary N) is 1. The minimum atomic E-state index is -3.83. The Balaban J connectivity index is 0. The summed E-state index contributed by atoms with van der Waals surface area (Å²) in [4.78, 5) is 0. The van der Waals surface area contributed by atoms with E-state index in [9.17, 15) is 8.42 Å². The van der Waals surface area contributed by atoms with Crippen LogP contribution in [0.4, 0.5) is 0 Å². The van der Waals surface area contributed by atoms with Gasteiger partial charge >= 0.3 is 29.6 Å². The Hall–Kier alpha value is 0.830. The molecule has 0 radical (unpaired) electrons. The van der Waals surface area contributed by atoms with Crippen molar-refractivity contribution in [2.75, 3.05) is 18.8 Å². The van der Waals surface area contributed by atoms with Crippen molar-refractivity contribution in [2.45, 2.75) is 64.3 Å². The molecule has 0 aromatic rings. The summed E-state index contributed by atoms with van der Waals surface area (Å²) in [5.74, 6) is 1.42. The van der Waals surface area contributed by atoms with E-state index in [0.717, 1.165) is 24.8 Å². The van der Waals surface area contributed by atoms with Crippen molar-refractivity contribution in [3.63, 3.8) is 0 Å². The maximum atomic E-state index is 10.6. The third kappa shape index (κ3) is 11.4. The molecule has 4 N–H and O–H groups in total. The second kappa shape index (κ2) is 12.2. The van der Waals surface area contributed by atoms with Gasteiger partial charge < -0.3 is 12.5 Å². The molecule has 1 aliphatic rings.